The zero-order valence-corrected chi connectivity index (χ0v) is 11.6. The van der Waals surface area contributed by atoms with E-state index in [4.69, 9.17) is 16.0 Å². The van der Waals surface area contributed by atoms with E-state index in [0.717, 1.165) is 0 Å². The van der Waals surface area contributed by atoms with Crippen molar-refractivity contribution in [3.63, 3.8) is 0 Å². The number of anilines is 1. The molecule has 0 spiro atoms. The molecule has 0 radical (unpaired) electrons. The Bertz CT molecular complexity index is 594. The summed E-state index contributed by atoms with van der Waals surface area (Å²) in [6.45, 7) is 4.27. The average Bonchev–Trinajstić information content (AvgIpc) is 2.74. The zero-order chi connectivity index (χ0) is 14.8. The number of azide groups is 1. The molecule has 20 heavy (non-hydrogen) atoms. The molecule has 1 aromatic rings. The lowest BCUT2D eigenvalue weighted by Gasteiger charge is -2.30. The quantitative estimate of drug-likeness (QED) is 0.513. The second kappa shape index (κ2) is 5.52. The van der Waals surface area contributed by atoms with Gasteiger partial charge in [0, 0.05) is 11.1 Å². The van der Waals surface area contributed by atoms with Crippen LogP contribution in [0.5, 0.6) is 0 Å². The molecule has 1 aromatic heterocycles. The first-order chi connectivity index (χ1) is 9.52. The lowest BCUT2D eigenvalue weighted by Crippen LogP contribution is -2.37. The Morgan fingerprint density at radius 1 is 1.75 bits per heavy atom. The molecule has 8 heteroatoms. The first-order valence-electron chi connectivity index (χ1n) is 6.55. The molecule has 1 aliphatic rings. The van der Waals surface area contributed by atoms with Crippen LogP contribution in [0.15, 0.2) is 22.2 Å². The van der Waals surface area contributed by atoms with Crippen LogP contribution in [0.3, 0.4) is 0 Å². The first kappa shape index (κ1) is 14.4. The van der Waals surface area contributed by atoms with Crippen molar-refractivity contribution >= 4 is 5.82 Å². The van der Waals surface area contributed by atoms with Gasteiger partial charge in [-0.05, 0) is 30.4 Å². The third-order valence-electron chi connectivity index (χ3n) is 3.99. The first-order valence-corrected chi connectivity index (χ1v) is 6.55. The van der Waals surface area contributed by atoms with Crippen LogP contribution >= 0.6 is 0 Å². The van der Waals surface area contributed by atoms with Crippen LogP contribution in [0.25, 0.3) is 10.4 Å². The molecule has 3 atom stereocenters. The molecule has 1 aliphatic heterocycles. The number of nitrogen functional groups attached to an aromatic ring is 1. The highest BCUT2D eigenvalue weighted by atomic mass is 16.5. The maximum absolute atomic E-state index is 11.9. The number of nitrogens with two attached hydrogens (primary N) is 1. The smallest absolute Gasteiger partial charge is 0.351 e. The van der Waals surface area contributed by atoms with Gasteiger partial charge in [0.2, 0.25) is 0 Å². The summed E-state index contributed by atoms with van der Waals surface area (Å²) in [6.07, 6.45) is 2.56. The Kier molecular flexibility index (Phi) is 3.96. The second-order valence-corrected chi connectivity index (χ2v) is 5.06. The van der Waals surface area contributed by atoms with Crippen LogP contribution in [0.4, 0.5) is 5.82 Å². The van der Waals surface area contributed by atoms with Crippen molar-refractivity contribution in [3.8, 4) is 0 Å². The SMILES string of the molecule is CC[C@@]1(CN=[N+]=[N-])O[C@@H](n2ccc(N)nc2=O)C[C@@H]1C. The highest BCUT2D eigenvalue weighted by Crippen LogP contribution is 2.43. The Morgan fingerprint density at radius 3 is 3.10 bits per heavy atom. The third kappa shape index (κ3) is 2.48. The van der Waals surface area contributed by atoms with Gasteiger partial charge in [-0.15, -0.1) is 0 Å². The molecular weight excluding hydrogens is 260 g/mol. The van der Waals surface area contributed by atoms with E-state index in [1.807, 2.05) is 13.8 Å². The zero-order valence-electron chi connectivity index (χ0n) is 11.6. The van der Waals surface area contributed by atoms with Crippen molar-refractivity contribution in [1.29, 1.82) is 0 Å². The van der Waals surface area contributed by atoms with Gasteiger partial charge >= 0.3 is 5.69 Å². The van der Waals surface area contributed by atoms with Gasteiger partial charge < -0.3 is 10.5 Å². The fraction of sp³-hybridized carbons (Fsp3) is 0.667. The van der Waals surface area contributed by atoms with E-state index in [1.54, 1.807) is 12.3 Å². The number of nitrogens with zero attached hydrogens (tertiary/aromatic N) is 5. The van der Waals surface area contributed by atoms with Crippen molar-refractivity contribution in [2.75, 3.05) is 12.3 Å². The van der Waals surface area contributed by atoms with E-state index in [2.05, 4.69) is 15.0 Å². The molecule has 1 fully saturated rings. The predicted octanol–water partition coefficient (Wildman–Crippen LogP) is 1.84. The lowest BCUT2D eigenvalue weighted by molar-refractivity contribution is -0.0806. The van der Waals surface area contributed by atoms with Gasteiger partial charge in [0.1, 0.15) is 12.0 Å². The average molecular weight is 278 g/mol. The summed E-state index contributed by atoms with van der Waals surface area (Å²) in [7, 11) is 0. The van der Waals surface area contributed by atoms with Crippen LogP contribution in [-0.4, -0.2) is 21.7 Å². The summed E-state index contributed by atoms with van der Waals surface area (Å²) in [5.41, 5.74) is 13.0. The van der Waals surface area contributed by atoms with E-state index < -0.39 is 17.5 Å². The highest BCUT2D eigenvalue weighted by Gasteiger charge is 2.45. The molecule has 2 heterocycles. The summed E-state index contributed by atoms with van der Waals surface area (Å²) < 4.78 is 7.47. The summed E-state index contributed by atoms with van der Waals surface area (Å²) in [6, 6.07) is 1.56. The minimum absolute atomic E-state index is 0.174. The largest absolute Gasteiger partial charge is 0.383 e. The molecular formula is C12H18N6O2. The lowest BCUT2D eigenvalue weighted by atomic mass is 9.86. The summed E-state index contributed by atoms with van der Waals surface area (Å²) >= 11 is 0. The van der Waals surface area contributed by atoms with Gasteiger partial charge in [0.05, 0.1) is 12.1 Å². The molecule has 0 bridgehead atoms. The van der Waals surface area contributed by atoms with Gasteiger partial charge in [-0.25, -0.2) is 4.79 Å². The number of hydrogen-bond acceptors (Lipinski definition) is 5. The van der Waals surface area contributed by atoms with E-state index in [-0.39, 0.29) is 18.3 Å². The number of ether oxygens (including phenoxy) is 1. The standard InChI is InChI=1S/C12H18N6O2/c1-3-12(7-15-17-14)8(2)6-10(20-12)18-5-4-9(13)16-11(18)19/h4-5,8,10H,3,6-7H2,1-2H3,(H2,13,16,19)/t8-,10+,12-/m0/s1. The van der Waals surface area contributed by atoms with E-state index >= 15 is 0 Å². The molecule has 0 saturated carbocycles. The fourth-order valence-electron chi connectivity index (χ4n) is 2.66. The summed E-state index contributed by atoms with van der Waals surface area (Å²) in [5, 5.41) is 3.64. The Balaban J connectivity index is 2.29. The fourth-order valence-corrected chi connectivity index (χ4v) is 2.66. The van der Waals surface area contributed by atoms with Crippen molar-refractivity contribution in [3.05, 3.63) is 33.2 Å². The molecule has 0 aromatic carbocycles. The normalized spacial score (nSPS) is 29.1. The minimum Gasteiger partial charge on any atom is -0.383 e. The van der Waals surface area contributed by atoms with Crippen LogP contribution in [0.1, 0.15) is 32.9 Å². The number of rotatable bonds is 4. The van der Waals surface area contributed by atoms with Crippen LogP contribution < -0.4 is 11.4 Å². The second-order valence-electron chi connectivity index (χ2n) is 5.06. The van der Waals surface area contributed by atoms with Gasteiger partial charge in [0.15, 0.2) is 0 Å². The molecule has 0 unspecified atom stereocenters. The van der Waals surface area contributed by atoms with Crippen molar-refractivity contribution in [2.45, 2.75) is 38.5 Å². The predicted molar refractivity (Wildman–Crippen MR) is 73.8 cm³/mol. The Morgan fingerprint density at radius 2 is 2.50 bits per heavy atom. The van der Waals surface area contributed by atoms with Crippen LogP contribution in [0, 0.1) is 5.92 Å². The third-order valence-corrected chi connectivity index (χ3v) is 3.99. The minimum atomic E-state index is -0.530. The van der Waals surface area contributed by atoms with Gasteiger partial charge in [-0.1, -0.05) is 19.0 Å². The molecule has 8 nitrogen and oxygen atoms in total. The van der Waals surface area contributed by atoms with Gasteiger partial charge in [-0.3, -0.25) is 4.57 Å². The maximum atomic E-state index is 11.9. The number of aromatic nitrogens is 2. The summed E-state index contributed by atoms with van der Waals surface area (Å²) in [5.74, 6) is 0.362. The van der Waals surface area contributed by atoms with Crippen molar-refractivity contribution in [1.82, 2.24) is 9.55 Å². The van der Waals surface area contributed by atoms with Crippen molar-refractivity contribution in [2.24, 2.45) is 11.0 Å². The molecule has 0 aliphatic carbocycles. The topological polar surface area (TPSA) is 119 Å². The molecule has 2 rings (SSSR count). The molecule has 0 amide bonds. The molecule has 2 N–H and O–H groups in total. The van der Waals surface area contributed by atoms with Gasteiger partial charge in [0.25, 0.3) is 0 Å². The Hall–Kier alpha value is -2.05. The van der Waals surface area contributed by atoms with E-state index in [1.165, 1.54) is 4.57 Å². The number of hydrogen-bond donors (Lipinski definition) is 1. The van der Waals surface area contributed by atoms with Crippen molar-refractivity contribution < 1.29 is 4.74 Å². The van der Waals surface area contributed by atoms with E-state index in [9.17, 15) is 4.79 Å². The molecule has 108 valence electrons. The summed E-state index contributed by atoms with van der Waals surface area (Å²) in [4.78, 5) is 18.4. The maximum Gasteiger partial charge on any atom is 0.351 e. The van der Waals surface area contributed by atoms with Crippen LogP contribution in [-0.2, 0) is 4.74 Å². The molecule has 1 saturated heterocycles. The van der Waals surface area contributed by atoms with Gasteiger partial charge in [-0.2, -0.15) is 4.98 Å². The van der Waals surface area contributed by atoms with E-state index in [0.29, 0.717) is 12.8 Å². The highest BCUT2D eigenvalue weighted by molar-refractivity contribution is 5.23. The Labute approximate surface area is 116 Å². The van der Waals surface area contributed by atoms with Crippen LogP contribution in [0.2, 0.25) is 0 Å². The monoisotopic (exact) mass is 278 g/mol.